The molecule has 0 aromatic heterocycles. The van der Waals surface area contributed by atoms with Crippen LogP contribution in [0.5, 0.6) is 0 Å². The van der Waals surface area contributed by atoms with Crippen molar-refractivity contribution in [2.45, 2.75) is 13.0 Å². The molecular formula is C11H13NO3. The quantitative estimate of drug-likeness (QED) is 0.567. The van der Waals surface area contributed by atoms with Gasteiger partial charge in [-0.3, -0.25) is 9.59 Å². The fraction of sp³-hybridized carbons (Fsp3) is 0.273. The first-order chi connectivity index (χ1) is 7.07. The van der Waals surface area contributed by atoms with Crippen molar-refractivity contribution in [3.63, 3.8) is 0 Å². The molecule has 0 aliphatic carbocycles. The van der Waals surface area contributed by atoms with Gasteiger partial charge in [-0.25, -0.2) is 0 Å². The molecule has 0 saturated carbocycles. The van der Waals surface area contributed by atoms with Gasteiger partial charge in [-0.15, -0.1) is 0 Å². The van der Waals surface area contributed by atoms with E-state index in [-0.39, 0.29) is 0 Å². The zero-order valence-corrected chi connectivity index (χ0v) is 8.65. The molecule has 1 aromatic rings. The molecule has 1 rings (SSSR count). The van der Waals surface area contributed by atoms with Crippen molar-refractivity contribution in [2.24, 2.45) is 0 Å². The maximum Gasteiger partial charge on any atom is 0.328 e. The molecule has 4 heteroatoms. The normalized spacial score (nSPS) is 12.1. The van der Waals surface area contributed by atoms with Gasteiger partial charge < -0.3 is 10.4 Å². The topological polar surface area (TPSA) is 66.4 Å². The average Bonchev–Trinajstić information content (AvgIpc) is 2.18. The molecule has 0 heterocycles. The molecule has 80 valence electrons. The Kier molecular flexibility index (Phi) is 3.57. The first-order valence-corrected chi connectivity index (χ1v) is 4.58. The number of nitrogens with one attached hydrogen (secondary N) is 1. The predicted molar refractivity (Wildman–Crippen MR) is 56.0 cm³/mol. The summed E-state index contributed by atoms with van der Waals surface area (Å²) in [5.41, 5.74) is 1.23. The Bertz CT molecular complexity index is 387. The molecule has 1 atom stereocenters. The van der Waals surface area contributed by atoms with E-state index in [1.165, 1.54) is 7.05 Å². The molecule has 0 aliphatic heterocycles. The molecule has 0 amide bonds. The molecule has 0 radical (unpaired) electrons. The van der Waals surface area contributed by atoms with E-state index in [0.29, 0.717) is 5.56 Å². The maximum atomic E-state index is 11.8. The molecule has 0 bridgehead atoms. The van der Waals surface area contributed by atoms with Gasteiger partial charge in [-0.05, 0) is 19.5 Å². The molecule has 0 saturated heterocycles. The minimum atomic E-state index is -1.17. The van der Waals surface area contributed by atoms with Gasteiger partial charge in [-0.2, -0.15) is 0 Å². The summed E-state index contributed by atoms with van der Waals surface area (Å²) in [6.45, 7) is 1.78. The first-order valence-electron chi connectivity index (χ1n) is 4.58. The fourth-order valence-corrected chi connectivity index (χ4v) is 1.37. The van der Waals surface area contributed by atoms with Crippen molar-refractivity contribution in [3.8, 4) is 0 Å². The lowest BCUT2D eigenvalue weighted by atomic mass is 10.00. The lowest BCUT2D eigenvalue weighted by Crippen LogP contribution is -2.41. The van der Waals surface area contributed by atoms with E-state index in [4.69, 9.17) is 5.11 Å². The Morgan fingerprint density at radius 3 is 2.40 bits per heavy atom. The number of carbonyl (C=O) groups excluding carboxylic acids is 1. The number of carboxylic acid groups (broad SMARTS) is 1. The van der Waals surface area contributed by atoms with Crippen molar-refractivity contribution in [3.05, 3.63) is 35.4 Å². The van der Waals surface area contributed by atoms with Crippen LogP contribution in [0, 0.1) is 6.92 Å². The van der Waals surface area contributed by atoms with E-state index < -0.39 is 17.8 Å². The third-order valence-corrected chi connectivity index (χ3v) is 2.21. The Balaban J connectivity index is 3.03. The largest absolute Gasteiger partial charge is 0.480 e. The maximum absolute atomic E-state index is 11.8. The highest BCUT2D eigenvalue weighted by Crippen LogP contribution is 2.09. The number of rotatable bonds is 4. The number of carboxylic acids is 1. The van der Waals surface area contributed by atoms with E-state index >= 15 is 0 Å². The van der Waals surface area contributed by atoms with Crippen molar-refractivity contribution < 1.29 is 14.7 Å². The smallest absolute Gasteiger partial charge is 0.328 e. The number of benzene rings is 1. The number of hydrogen-bond acceptors (Lipinski definition) is 3. The second kappa shape index (κ2) is 4.70. The molecule has 4 nitrogen and oxygen atoms in total. The van der Waals surface area contributed by atoms with Crippen LogP contribution in [0.3, 0.4) is 0 Å². The minimum absolute atomic E-state index is 0.414. The number of Topliss-reactive ketones (excluding diaryl/α,β-unsaturated/α-hetero) is 1. The highest BCUT2D eigenvalue weighted by atomic mass is 16.4. The predicted octanol–water partition coefficient (Wildman–Crippen LogP) is 0.850. The van der Waals surface area contributed by atoms with Gasteiger partial charge in [0.1, 0.15) is 0 Å². The first kappa shape index (κ1) is 11.4. The van der Waals surface area contributed by atoms with Gasteiger partial charge >= 0.3 is 5.97 Å². The second-order valence-corrected chi connectivity index (χ2v) is 3.24. The molecule has 1 aromatic carbocycles. The molecule has 0 spiro atoms. The molecule has 0 fully saturated rings. The van der Waals surface area contributed by atoms with Crippen molar-refractivity contribution >= 4 is 11.8 Å². The molecule has 1 unspecified atom stereocenters. The van der Waals surface area contributed by atoms with Crippen LogP contribution in [-0.4, -0.2) is 29.9 Å². The fourth-order valence-electron chi connectivity index (χ4n) is 1.37. The number of ketones is 1. The molecular weight excluding hydrogens is 194 g/mol. The van der Waals surface area contributed by atoms with E-state index in [1.54, 1.807) is 31.2 Å². The van der Waals surface area contributed by atoms with Gasteiger partial charge in [0.25, 0.3) is 0 Å². The van der Waals surface area contributed by atoms with Gasteiger partial charge in [0.2, 0.25) is 0 Å². The summed E-state index contributed by atoms with van der Waals surface area (Å²) in [5.74, 6) is -1.58. The molecule has 0 aliphatic rings. The van der Waals surface area contributed by atoms with Crippen LogP contribution in [0.2, 0.25) is 0 Å². The van der Waals surface area contributed by atoms with Gasteiger partial charge in [-0.1, -0.05) is 24.3 Å². The SMILES string of the molecule is CNC(C(=O)O)C(=O)c1ccccc1C. The van der Waals surface area contributed by atoms with Crippen LogP contribution < -0.4 is 5.32 Å². The molecule has 15 heavy (non-hydrogen) atoms. The standard InChI is InChI=1S/C11H13NO3/c1-7-5-3-4-6-8(7)10(13)9(12-2)11(14)15/h3-6,9,12H,1-2H3,(H,14,15). The zero-order chi connectivity index (χ0) is 11.4. The summed E-state index contributed by atoms with van der Waals surface area (Å²) in [6.07, 6.45) is 0. The van der Waals surface area contributed by atoms with Crippen LogP contribution in [0.25, 0.3) is 0 Å². The highest BCUT2D eigenvalue weighted by Gasteiger charge is 2.25. The Morgan fingerprint density at radius 2 is 1.93 bits per heavy atom. The van der Waals surface area contributed by atoms with E-state index in [9.17, 15) is 9.59 Å². The summed E-state index contributed by atoms with van der Waals surface area (Å²) in [7, 11) is 1.45. The van der Waals surface area contributed by atoms with Crippen molar-refractivity contribution in [1.29, 1.82) is 0 Å². The Labute approximate surface area is 87.9 Å². The summed E-state index contributed by atoms with van der Waals surface area (Å²) in [4.78, 5) is 22.6. The number of aryl methyl sites for hydroxylation is 1. The van der Waals surface area contributed by atoms with Crippen LogP contribution in [0.4, 0.5) is 0 Å². The van der Waals surface area contributed by atoms with Gasteiger partial charge in [0.05, 0.1) is 0 Å². The van der Waals surface area contributed by atoms with E-state index in [2.05, 4.69) is 5.32 Å². The summed E-state index contributed by atoms with van der Waals surface area (Å²) < 4.78 is 0. The van der Waals surface area contributed by atoms with Crippen molar-refractivity contribution in [2.75, 3.05) is 7.05 Å². The highest BCUT2D eigenvalue weighted by molar-refractivity contribution is 6.12. The second-order valence-electron chi connectivity index (χ2n) is 3.24. The summed E-state index contributed by atoms with van der Waals surface area (Å²) in [6, 6.07) is 5.76. The van der Waals surface area contributed by atoms with E-state index in [0.717, 1.165) is 5.56 Å². The summed E-state index contributed by atoms with van der Waals surface area (Å²) >= 11 is 0. The summed E-state index contributed by atoms with van der Waals surface area (Å²) in [5, 5.41) is 11.3. The number of hydrogen-bond donors (Lipinski definition) is 2. The lowest BCUT2D eigenvalue weighted by Gasteiger charge is -2.11. The lowest BCUT2D eigenvalue weighted by molar-refractivity contribution is -0.137. The zero-order valence-electron chi connectivity index (χ0n) is 8.65. The number of carbonyl (C=O) groups is 2. The monoisotopic (exact) mass is 207 g/mol. The van der Waals surface area contributed by atoms with Gasteiger partial charge in [0, 0.05) is 5.56 Å². The van der Waals surface area contributed by atoms with Crippen molar-refractivity contribution in [1.82, 2.24) is 5.32 Å². The third-order valence-electron chi connectivity index (χ3n) is 2.21. The van der Waals surface area contributed by atoms with E-state index in [1.807, 2.05) is 0 Å². The number of aliphatic carboxylic acids is 1. The van der Waals surface area contributed by atoms with Crippen LogP contribution in [0.1, 0.15) is 15.9 Å². The minimum Gasteiger partial charge on any atom is -0.480 e. The molecule has 2 N–H and O–H groups in total. The Hall–Kier alpha value is -1.68. The third kappa shape index (κ3) is 2.41. The van der Waals surface area contributed by atoms with Crippen LogP contribution >= 0.6 is 0 Å². The van der Waals surface area contributed by atoms with Gasteiger partial charge in [0.15, 0.2) is 11.8 Å². The van der Waals surface area contributed by atoms with Crippen LogP contribution in [0.15, 0.2) is 24.3 Å². The Morgan fingerprint density at radius 1 is 1.33 bits per heavy atom. The average molecular weight is 207 g/mol. The van der Waals surface area contributed by atoms with Crippen LogP contribution in [-0.2, 0) is 4.79 Å². The number of likely N-dealkylation sites (N-methyl/N-ethyl adjacent to an activating group) is 1.